The molecular weight excluding hydrogens is 230 g/mol. The fourth-order valence-corrected chi connectivity index (χ4v) is 2.67. The van der Waals surface area contributed by atoms with Gasteiger partial charge in [-0.05, 0) is 38.7 Å². The number of rotatable bonds is 2. The second kappa shape index (κ2) is 3.80. The van der Waals surface area contributed by atoms with Gasteiger partial charge in [-0.3, -0.25) is 0 Å². The van der Waals surface area contributed by atoms with Crippen LogP contribution in [0.15, 0.2) is 6.20 Å². The van der Waals surface area contributed by atoms with Gasteiger partial charge in [-0.25, -0.2) is 9.67 Å². The Kier molecular flexibility index (Phi) is 2.36. The van der Waals surface area contributed by atoms with Gasteiger partial charge in [0.15, 0.2) is 5.65 Å². The molecule has 0 N–H and O–H groups in total. The topological polar surface area (TPSA) is 70.8 Å². The summed E-state index contributed by atoms with van der Waals surface area (Å²) in [4.78, 5) is 16.0. The van der Waals surface area contributed by atoms with Crippen LogP contribution in [0.4, 0.5) is 0 Å². The number of carboxylic acid groups (broad SMARTS) is 1. The summed E-state index contributed by atoms with van der Waals surface area (Å²) in [5.74, 6) is -1.12. The Morgan fingerprint density at radius 1 is 1.44 bits per heavy atom. The van der Waals surface area contributed by atoms with Crippen LogP contribution >= 0.6 is 0 Å². The monoisotopic (exact) mass is 244 g/mol. The fourth-order valence-electron chi connectivity index (χ4n) is 2.67. The highest BCUT2D eigenvalue weighted by molar-refractivity contribution is 6.02. The smallest absolute Gasteiger partial charge is 0.158 e. The maximum absolute atomic E-state index is 11.4. The number of nitrogens with zero attached hydrogens (tertiary/aromatic N) is 3. The van der Waals surface area contributed by atoms with Crippen molar-refractivity contribution in [2.24, 2.45) is 0 Å². The average Bonchev–Trinajstić information content (AvgIpc) is 2.89. The Morgan fingerprint density at radius 3 is 2.89 bits per heavy atom. The third kappa shape index (κ3) is 1.43. The number of pyridine rings is 1. The van der Waals surface area contributed by atoms with Crippen molar-refractivity contribution in [3.63, 3.8) is 0 Å². The molecular formula is C13H14N3O2-. The maximum Gasteiger partial charge on any atom is 0.158 e. The number of hydrogen-bond acceptors (Lipinski definition) is 4. The Balaban J connectivity index is 2.39. The van der Waals surface area contributed by atoms with E-state index in [4.69, 9.17) is 0 Å². The summed E-state index contributed by atoms with van der Waals surface area (Å²) in [5.41, 5.74) is 2.68. The van der Waals surface area contributed by atoms with Crippen LogP contribution in [0.1, 0.15) is 47.9 Å². The van der Waals surface area contributed by atoms with Gasteiger partial charge in [0.25, 0.3) is 0 Å². The molecule has 3 rings (SSSR count). The molecule has 0 saturated heterocycles. The third-order valence-corrected chi connectivity index (χ3v) is 3.46. The molecule has 0 unspecified atom stereocenters. The Bertz CT molecular complexity index is 643. The first kappa shape index (κ1) is 11.2. The number of carbonyl (C=O) groups excluding carboxylic acids is 1. The van der Waals surface area contributed by atoms with E-state index in [0.29, 0.717) is 16.6 Å². The van der Waals surface area contributed by atoms with Crippen molar-refractivity contribution in [3.05, 3.63) is 23.0 Å². The summed E-state index contributed by atoms with van der Waals surface area (Å²) in [6, 6.07) is 0.157. The Labute approximate surface area is 104 Å². The second-order valence-electron chi connectivity index (χ2n) is 4.97. The number of aromatic nitrogens is 3. The fraction of sp³-hybridized carbons (Fsp3) is 0.462. The minimum absolute atomic E-state index is 0.157. The van der Waals surface area contributed by atoms with Gasteiger partial charge in [0.1, 0.15) is 0 Å². The first-order valence-corrected chi connectivity index (χ1v) is 6.20. The van der Waals surface area contributed by atoms with Crippen LogP contribution in [-0.2, 0) is 12.8 Å². The molecule has 0 amide bonds. The highest BCUT2D eigenvalue weighted by Gasteiger charge is 2.22. The van der Waals surface area contributed by atoms with Crippen molar-refractivity contribution in [1.29, 1.82) is 0 Å². The summed E-state index contributed by atoms with van der Waals surface area (Å²) in [5, 5.41) is 16.2. The molecule has 0 aromatic carbocycles. The molecule has 2 aromatic heterocycles. The number of aromatic carboxylic acids is 1. The molecule has 18 heavy (non-hydrogen) atoms. The van der Waals surface area contributed by atoms with E-state index >= 15 is 0 Å². The van der Waals surface area contributed by atoms with Crippen LogP contribution in [0.3, 0.4) is 0 Å². The van der Waals surface area contributed by atoms with Gasteiger partial charge in [0, 0.05) is 22.7 Å². The summed E-state index contributed by atoms with van der Waals surface area (Å²) < 4.78 is 1.76. The van der Waals surface area contributed by atoms with Gasteiger partial charge < -0.3 is 9.90 Å². The Morgan fingerprint density at radius 2 is 2.22 bits per heavy atom. The summed E-state index contributed by atoms with van der Waals surface area (Å²) in [7, 11) is 0. The number of carboxylic acids is 1. The van der Waals surface area contributed by atoms with Crippen molar-refractivity contribution in [2.75, 3.05) is 0 Å². The van der Waals surface area contributed by atoms with E-state index in [1.54, 1.807) is 10.9 Å². The van der Waals surface area contributed by atoms with Crippen molar-refractivity contribution in [2.45, 2.75) is 39.2 Å². The third-order valence-electron chi connectivity index (χ3n) is 3.46. The molecule has 5 heteroatoms. The van der Waals surface area contributed by atoms with Crippen molar-refractivity contribution in [1.82, 2.24) is 14.8 Å². The Hall–Kier alpha value is -1.91. The molecule has 0 atom stereocenters. The molecule has 0 aliphatic heterocycles. The molecule has 0 spiro atoms. The molecule has 5 nitrogen and oxygen atoms in total. The summed E-state index contributed by atoms with van der Waals surface area (Å²) in [6.45, 7) is 4.00. The van der Waals surface area contributed by atoms with Gasteiger partial charge in [-0.15, -0.1) is 0 Å². The van der Waals surface area contributed by atoms with E-state index < -0.39 is 5.97 Å². The van der Waals surface area contributed by atoms with E-state index in [1.165, 1.54) is 0 Å². The molecule has 1 aliphatic rings. The van der Waals surface area contributed by atoms with Crippen LogP contribution in [-0.4, -0.2) is 20.7 Å². The molecule has 2 aromatic rings. The predicted molar refractivity (Wildman–Crippen MR) is 64.3 cm³/mol. The van der Waals surface area contributed by atoms with Crippen molar-refractivity contribution in [3.8, 4) is 0 Å². The van der Waals surface area contributed by atoms with Crippen LogP contribution in [0.5, 0.6) is 0 Å². The highest BCUT2D eigenvalue weighted by atomic mass is 16.4. The minimum atomic E-state index is -1.12. The standard InChI is InChI=1S/C13H15N3O2/c1-7(2)16-12-9(6-14-16)11(13(17)18)8-4-3-5-10(8)15-12/h6-7H,3-5H2,1-2H3,(H,17,18)/p-1. The quantitative estimate of drug-likeness (QED) is 0.785. The molecule has 1 aliphatic carbocycles. The van der Waals surface area contributed by atoms with E-state index in [0.717, 1.165) is 30.5 Å². The molecule has 0 bridgehead atoms. The van der Waals surface area contributed by atoms with Crippen LogP contribution in [0.25, 0.3) is 11.0 Å². The van der Waals surface area contributed by atoms with Crippen LogP contribution in [0, 0.1) is 0 Å². The lowest BCUT2D eigenvalue weighted by Crippen LogP contribution is -2.24. The van der Waals surface area contributed by atoms with Gasteiger partial charge in [0.05, 0.1) is 12.2 Å². The number of carbonyl (C=O) groups is 1. The zero-order chi connectivity index (χ0) is 12.9. The largest absolute Gasteiger partial charge is 0.545 e. The number of hydrogen-bond donors (Lipinski definition) is 0. The normalized spacial score (nSPS) is 14.4. The first-order chi connectivity index (χ1) is 8.59. The molecule has 2 heterocycles. The van der Waals surface area contributed by atoms with Gasteiger partial charge in [0.2, 0.25) is 0 Å². The van der Waals surface area contributed by atoms with Gasteiger partial charge in [-0.1, -0.05) is 0 Å². The zero-order valence-electron chi connectivity index (χ0n) is 10.4. The van der Waals surface area contributed by atoms with Gasteiger partial charge in [-0.2, -0.15) is 5.10 Å². The van der Waals surface area contributed by atoms with E-state index in [9.17, 15) is 9.90 Å². The average molecular weight is 244 g/mol. The maximum atomic E-state index is 11.4. The second-order valence-corrected chi connectivity index (χ2v) is 4.97. The van der Waals surface area contributed by atoms with E-state index in [2.05, 4.69) is 10.1 Å². The zero-order valence-corrected chi connectivity index (χ0v) is 10.4. The lowest BCUT2D eigenvalue weighted by Gasteiger charge is -2.12. The number of aryl methyl sites for hydroxylation is 1. The highest BCUT2D eigenvalue weighted by Crippen LogP contribution is 2.30. The SMILES string of the molecule is CC(C)n1ncc2c(C(=O)[O-])c3c(nc21)CCC3. The predicted octanol–water partition coefficient (Wildman–Crippen LogP) is 0.864. The molecule has 94 valence electrons. The lowest BCUT2D eigenvalue weighted by atomic mass is 10.0. The number of fused-ring (bicyclic) bond motifs is 2. The first-order valence-electron chi connectivity index (χ1n) is 6.20. The van der Waals surface area contributed by atoms with Crippen molar-refractivity contribution >= 4 is 17.0 Å². The molecule has 0 saturated carbocycles. The molecule has 0 radical (unpaired) electrons. The van der Waals surface area contributed by atoms with Gasteiger partial charge >= 0.3 is 0 Å². The van der Waals surface area contributed by atoms with E-state index in [1.807, 2.05) is 13.8 Å². The lowest BCUT2D eigenvalue weighted by molar-refractivity contribution is -0.254. The van der Waals surface area contributed by atoms with Crippen molar-refractivity contribution < 1.29 is 9.90 Å². The summed E-state index contributed by atoms with van der Waals surface area (Å²) in [6.07, 6.45) is 4.17. The minimum Gasteiger partial charge on any atom is -0.545 e. The van der Waals surface area contributed by atoms with Crippen LogP contribution in [0.2, 0.25) is 0 Å². The molecule has 0 fully saturated rings. The van der Waals surface area contributed by atoms with Crippen LogP contribution < -0.4 is 5.11 Å². The van der Waals surface area contributed by atoms with E-state index in [-0.39, 0.29) is 6.04 Å². The summed E-state index contributed by atoms with van der Waals surface area (Å²) >= 11 is 0.